The molecule has 0 saturated carbocycles. The van der Waals surface area contributed by atoms with Gasteiger partial charge in [0, 0.05) is 39.3 Å². The van der Waals surface area contributed by atoms with Gasteiger partial charge >= 0.3 is 0 Å². The number of amides is 1. The molecule has 0 radical (unpaired) electrons. The van der Waals surface area contributed by atoms with Crippen LogP contribution in [0.25, 0.3) is 0 Å². The molecule has 0 bridgehead atoms. The highest BCUT2D eigenvalue weighted by Crippen LogP contribution is 2.21. The van der Waals surface area contributed by atoms with Gasteiger partial charge in [0.25, 0.3) is 0 Å². The van der Waals surface area contributed by atoms with Crippen LogP contribution < -0.4 is 5.32 Å². The molecule has 0 aromatic rings. The number of aliphatic hydroxyl groups excluding tert-OH is 1. The largest absolute Gasteiger partial charge is 0.393 e. The van der Waals surface area contributed by atoms with Gasteiger partial charge in [-0.1, -0.05) is 0 Å². The lowest BCUT2D eigenvalue weighted by Crippen LogP contribution is -2.52. The molecule has 2 saturated heterocycles. The Morgan fingerprint density at radius 1 is 1.17 bits per heavy atom. The predicted molar refractivity (Wildman–Crippen MR) is 67.2 cm³/mol. The van der Waals surface area contributed by atoms with Crippen LogP contribution in [0.15, 0.2) is 0 Å². The molecule has 6 heteroatoms. The van der Waals surface area contributed by atoms with Gasteiger partial charge < -0.3 is 20.4 Å². The first-order chi connectivity index (χ1) is 8.63. The molecule has 1 amide bonds. The molecule has 2 fully saturated rings. The number of hydrogen-bond acceptors (Lipinski definition) is 5. The number of carbonyl (C=O) groups excluding carboxylic acids is 1. The van der Waals surface area contributed by atoms with Crippen LogP contribution in [0, 0.1) is 0 Å². The Hall–Kier alpha value is -0.690. The molecule has 6 nitrogen and oxygen atoms in total. The number of likely N-dealkylation sites (tertiary alicyclic amines) is 1. The molecular weight excluding hydrogens is 234 g/mol. The van der Waals surface area contributed by atoms with E-state index >= 15 is 0 Å². The van der Waals surface area contributed by atoms with Gasteiger partial charge in [0.15, 0.2) is 0 Å². The zero-order valence-electron chi connectivity index (χ0n) is 10.8. The van der Waals surface area contributed by atoms with Gasteiger partial charge in [-0.15, -0.1) is 0 Å². The second-order valence-electron chi connectivity index (χ2n) is 5.29. The third-order valence-corrected chi connectivity index (χ3v) is 3.91. The summed E-state index contributed by atoms with van der Waals surface area (Å²) in [5.41, 5.74) is -0.936. The molecule has 18 heavy (non-hydrogen) atoms. The molecule has 2 aliphatic heterocycles. The highest BCUT2D eigenvalue weighted by atomic mass is 16.3. The van der Waals surface area contributed by atoms with Crippen molar-refractivity contribution in [2.75, 3.05) is 52.4 Å². The Bertz CT molecular complexity index is 284. The van der Waals surface area contributed by atoms with Gasteiger partial charge in [0.1, 0.15) is 0 Å². The maximum absolute atomic E-state index is 12.0. The van der Waals surface area contributed by atoms with Gasteiger partial charge in [-0.05, 0) is 12.8 Å². The molecule has 0 aromatic heterocycles. The van der Waals surface area contributed by atoms with Gasteiger partial charge in [0.05, 0.1) is 18.8 Å². The molecule has 0 aromatic carbocycles. The summed E-state index contributed by atoms with van der Waals surface area (Å²) in [5, 5.41) is 22.2. The average molecular weight is 257 g/mol. The van der Waals surface area contributed by atoms with Crippen molar-refractivity contribution < 1.29 is 15.0 Å². The van der Waals surface area contributed by atoms with Crippen molar-refractivity contribution in [3.63, 3.8) is 0 Å². The van der Waals surface area contributed by atoms with E-state index in [1.807, 2.05) is 4.90 Å². The molecule has 2 rings (SSSR count). The number of rotatable bonds is 3. The van der Waals surface area contributed by atoms with Gasteiger partial charge in [-0.3, -0.25) is 9.69 Å². The van der Waals surface area contributed by atoms with Crippen molar-refractivity contribution in [2.24, 2.45) is 0 Å². The number of nitrogens with one attached hydrogen (secondary N) is 1. The first-order valence-electron chi connectivity index (χ1n) is 6.67. The van der Waals surface area contributed by atoms with E-state index in [0.717, 1.165) is 26.2 Å². The van der Waals surface area contributed by atoms with Crippen LogP contribution in [0.2, 0.25) is 0 Å². The van der Waals surface area contributed by atoms with Crippen LogP contribution in [0.3, 0.4) is 0 Å². The second kappa shape index (κ2) is 5.97. The SMILES string of the molecule is O=C(CN1CCC(O)(CO)CC1)N1CCNCC1. The molecule has 2 aliphatic rings. The number of hydrogen-bond donors (Lipinski definition) is 3. The molecule has 0 aliphatic carbocycles. The normalized spacial score (nSPS) is 25.1. The summed E-state index contributed by atoms with van der Waals surface area (Å²) >= 11 is 0. The van der Waals surface area contributed by atoms with Crippen LogP contribution in [0.5, 0.6) is 0 Å². The fourth-order valence-corrected chi connectivity index (χ4v) is 2.49. The van der Waals surface area contributed by atoms with E-state index in [4.69, 9.17) is 5.11 Å². The standard InChI is InChI=1S/C12H23N3O3/c16-10-12(18)1-5-14(6-2-12)9-11(17)15-7-3-13-4-8-15/h13,16,18H,1-10H2. The Morgan fingerprint density at radius 3 is 2.33 bits per heavy atom. The van der Waals surface area contributed by atoms with Crippen LogP contribution >= 0.6 is 0 Å². The fourth-order valence-electron chi connectivity index (χ4n) is 2.49. The summed E-state index contributed by atoms with van der Waals surface area (Å²) in [6, 6.07) is 0. The quantitative estimate of drug-likeness (QED) is 0.558. The lowest BCUT2D eigenvalue weighted by Gasteiger charge is -2.37. The van der Waals surface area contributed by atoms with E-state index in [9.17, 15) is 9.90 Å². The van der Waals surface area contributed by atoms with E-state index in [2.05, 4.69) is 10.2 Å². The molecular formula is C12H23N3O3. The molecule has 3 N–H and O–H groups in total. The monoisotopic (exact) mass is 257 g/mol. The number of carbonyl (C=O) groups is 1. The molecule has 0 unspecified atom stereocenters. The molecule has 0 spiro atoms. The first-order valence-corrected chi connectivity index (χ1v) is 6.67. The number of piperidine rings is 1. The van der Waals surface area contributed by atoms with Crippen LogP contribution in [0.1, 0.15) is 12.8 Å². The average Bonchev–Trinajstić information content (AvgIpc) is 2.42. The van der Waals surface area contributed by atoms with E-state index in [-0.39, 0.29) is 12.5 Å². The van der Waals surface area contributed by atoms with Crippen LogP contribution in [-0.4, -0.2) is 83.9 Å². The summed E-state index contributed by atoms with van der Waals surface area (Å²) in [4.78, 5) is 16.0. The summed E-state index contributed by atoms with van der Waals surface area (Å²) in [6.45, 7) is 4.91. The fraction of sp³-hybridized carbons (Fsp3) is 0.917. The van der Waals surface area contributed by atoms with Crippen molar-refractivity contribution >= 4 is 5.91 Å². The minimum absolute atomic E-state index is 0.172. The second-order valence-corrected chi connectivity index (χ2v) is 5.29. The van der Waals surface area contributed by atoms with Crippen molar-refractivity contribution in [1.29, 1.82) is 0 Å². The molecule has 2 heterocycles. The third kappa shape index (κ3) is 3.41. The Morgan fingerprint density at radius 2 is 1.78 bits per heavy atom. The van der Waals surface area contributed by atoms with Crippen molar-refractivity contribution in [3.8, 4) is 0 Å². The van der Waals surface area contributed by atoms with E-state index in [1.165, 1.54) is 0 Å². The lowest BCUT2D eigenvalue weighted by molar-refractivity contribution is -0.134. The summed E-state index contributed by atoms with van der Waals surface area (Å²) in [7, 11) is 0. The van der Waals surface area contributed by atoms with Crippen molar-refractivity contribution in [3.05, 3.63) is 0 Å². The minimum atomic E-state index is -0.936. The zero-order valence-corrected chi connectivity index (χ0v) is 10.8. The zero-order chi connectivity index (χ0) is 13.0. The smallest absolute Gasteiger partial charge is 0.236 e. The number of aliphatic hydroxyl groups is 2. The van der Waals surface area contributed by atoms with Crippen LogP contribution in [-0.2, 0) is 4.79 Å². The van der Waals surface area contributed by atoms with Crippen LogP contribution in [0.4, 0.5) is 0 Å². The van der Waals surface area contributed by atoms with Gasteiger partial charge in [0.2, 0.25) is 5.91 Å². The maximum Gasteiger partial charge on any atom is 0.236 e. The number of piperazine rings is 1. The summed E-state index contributed by atoms with van der Waals surface area (Å²) < 4.78 is 0. The Balaban J connectivity index is 1.75. The number of nitrogens with zero attached hydrogens (tertiary/aromatic N) is 2. The third-order valence-electron chi connectivity index (χ3n) is 3.91. The summed E-state index contributed by atoms with van der Waals surface area (Å²) in [6.07, 6.45) is 1.08. The maximum atomic E-state index is 12.0. The lowest BCUT2D eigenvalue weighted by atomic mass is 9.92. The topological polar surface area (TPSA) is 76.0 Å². The Kier molecular flexibility index (Phi) is 4.55. The first kappa shape index (κ1) is 13.7. The molecule has 104 valence electrons. The van der Waals surface area contributed by atoms with E-state index in [1.54, 1.807) is 0 Å². The van der Waals surface area contributed by atoms with E-state index < -0.39 is 5.60 Å². The van der Waals surface area contributed by atoms with Crippen molar-refractivity contribution in [2.45, 2.75) is 18.4 Å². The minimum Gasteiger partial charge on any atom is -0.393 e. The van der Waals surface area contributed by atoms with Gasteiger partial charge in [-0.2, -0.15) is 0 Å². The van der Waals surface area contributed by atoms with E-state index in [0.29, 0.717) is 32.5 Å². The van der Waals surface area contributed by atoms with Crippen molar-refractivity contribution in [1.82, 2.24) is 15.1 Å². The predicted octanol–water partition coefficient (Wildman–Crippen LogP) is -1.76. The summed E-state index contributed by atoms with van der Waals surface area (Å²) in [5.74, 6) is 0.172. The Labute approximate surface area is 108 Å². The van der Waals surface area contributed by atoms with Gasteiger partial charge in [-0.25, -0.2) is 0 Å². The molecule has 0 atom stereocenters. The highest BCUT2D eigenvalue weighted by Gasteiger charge is 2.32. The highest BCUT2D eigenvalue weighted by molar-refractivity contribution is 5.78.